The summed E-state index contributed by atoms with van der Waals surface area (Å²) < 4.78 is 4.96. The second-order valence-electron chi connectivity index (χ2n) is 2.83. The Kier molecular flexibility index (Phi) is 7.10. The second kappa shape index (κ2) is 6.48. The van der Waals surface area contributed by atoms with Crippen molar-refractivity contribution >= 4 is 30.7 Å². The first-order valence-corrected chi connectivity index (χ1v) is 3.88. The van der Waals surface area contributed by atoms with E-state index in [1.165, 1.54) is 7.11 Å². The predicted octanol–water partition coefficient (Wildman–Crippen LogP) is 1.65. The third kappa shape index (κ3) is 3.57. The van der Waals surface area contributed by atoms with E-state index >= 15 is 0 Å². The number of hydrogen-bond donors (Lipinski definition) is 1. The summed E-state index contributed by atoms with van der Waals surface area (Å²) in [6.07, 6.45) is 0. The van der Waals surface area contributed by atoms with Crippen LogP contribution in [0.25, 0.3) is 0 Å². The van der Waals surface area contributed by atoms with Gasteiger partial charge in [0.2, 0.25) is 5.88 Å². The molecule has 1 aromatic rings. The molecule has 1 heterocycles. The molecular formula is C9H14Cl2N2O2. The Morgan fingerprint density at radius 2 is 1.93 bits per heavy atom. The lowest BCUT2D eigenvalue weighted by molar-refractivity contribution is 0.0996. The average molecular weight is 253 g/mol. The molecule has 0 saturated carbocycles. The van der Waals surface area contributed by atoms with Gasteiger partial charge in [0.1, 0.15) is 5.56 Å². The molecule has 0 spiro atoms. The van der Waals surface area contributed by atoms with E-state index in [2.05, 4.69) is 4.98 Å². The number of ether oxygens (including phenoxy) is 1. The Hall–Kier alpha value is -1.00. The number of amides is 1. The van der Waals surface area contributed by atoms with Crippen molar-refractivity contribution in [3.8, 4) is 5.88 Å². The van der Waals surface area contributed by atoms with Crippen LogP contribution in [0.4, 0.5) is 0 Å². The number of aromatic nitrogens is 1. The van der Waals surface area contributed by atoms with E-state index in [1.807, 2.05) is 6.92 Å². The maximum absolute atomic E-state index is 11.0. The minimum Gasteiger partial charge on any atom is -0.480 e. The van der Waals surface area contributed by atoms with E-state index < -0.39 is 5.91 Å². The van der Waals surface area contributed by atoms with Gasteiger partial charge in [-0.2, -0.15) is 0 Å². The van der Waals surface area contributed by atoms with Crippen LogP contribution in [0.3, 0.4) is 0 Å². The summed E-state index contributed by atoms with van der Waals surface area (Å²) in [6.45, 7) is 3.64. The average Bonchev–Trinajstić information content (AvgIpc) is 2.01. The fourth-order valence-electron chi connectivity index (χ4n) is 1.25. The molecular weight excluding hydrogens is 239 g/mol. The normalized spacial score (nSPS) is 8.47. The minimum atomic E-state index is -0.512. The zero-order valence-electron chi connectivity index (χ0n) is 8.73. The van der Waals surface area contributed by atoms with Crippen LogP contribution in [0.5, 0.6) is 5.88 Å². The Bertz CT molecular complexity index is 356. The molecule has 0 radical (unpaired) electrons. The Balaban J connectivity index is 0. The zero-order valence-corrected chi connectivity index (χ0v) is 10.4. The summed E-state index contributed by atoms with van der Waals surface area (Å²) in [5, 5.41) is 0. The van der Waals surface area contributed by atoms with Crippen LogP contribution in [0, 0.1) is 13.8 Å². The molecule has 0 aliphatic heterocycles. The molecule has 0 unspecified atom stereocenters. The summed E-state index contributed by atoms with van der Waals surface area (Å²) >= 11 is 0. The number of halogens is 2. The number of aryl methyl sites for hydroxylation is 2. The summed E-state index contributed by atoms with van der Waals surface area (Å²) in [5.74, 6) is -0.216. The summed E-state index contributed by atoms with van der Waals surface area (Å²) in [5.41, 5.74) is 7.13. The molecule has 0 fully saturated rings. The number of nitrogens with zero attached hydrogens (tertiary/aromatic N) is 1. The van der Waals surface area contributed by atoms with Gasteiger partial charge in [0.25, 0.3) is 5.91 Å². The van der Waals surface area contributed by atoms with Gasteiger partial charge in [-0.05, 0) is 25.5 Å². The molecule has 0 aliphatic rings. The van der Waals surface area contributed by atoms with Crippen LogP contribution in [-0.2, 0) is 0 Å². The lowest BCUT2D eigenvalue weighted by Gasteiger charge is -2.08. The van der Waals surface area contributed by atoms with E-state index in [4.69, 9.17) is 10.5 Å². The van der Waals surface area contributed by atoms with Crippen LogP contribution in [0.15, 0.2) is 6.07 Å². The standard InChI is InChI=1S/C9H12N2O2.2ClH/c1-5-4-6(2)11-9(13-3)7(5)8(10)12;;/h4H,1-3H3,(H2,10,12);2*1H. The van der Waals surface area contributed by atoms with Gasteiger partial charge in [0, 0.05) is 5.69 Å². The molecule has 0 aromatic carbocycles. The van der Waals surface area contributed by atoms with Gasteiger partial charge in [0.15, 0.2) is 0 Å². The summed E-state index contributed by atoms with van der Waals surface area (Å²) in [4.78, 5) is 15.1. The number of carbonyl (C=O) groups is 1. The second-order valence-corrected chi connectivity index (χ2v) is 2.83. The quantitative estimate of drug-likeness (QED) is 0.871. The largest absolute Gasteiger partial charge is 0.480 e. The van der Waals surface area contributed by atoms with E-state index in [0.29, 0.717) is 11.4 Å². The first-order chi connectivity index (χ1) is 6.06. The van der Waals surface area contributed by atoms with Gasteiger partial charge in [-0.15, -0.1) is 24.8 Å². The number of carbonyl (C=O) groups excluding carboxylic acids is 1. The van der Waals surface area contributed by atoms with Crippen LogP contribution < -0.4 is 10.5 Å². The molecule has 0 aliphatic carbocycles. The van der Waals surface area contributed by atoms with Gasteiger partial charge in [-0.1, -0.05) is 0 Å². The number of methoxy groups -OCH3 is 1. The van der Waals surface area contributed by atoms with Crippen LogP contribution >= 0.6 is 24.8 Å². The van der Waals surface area contributed by atoms with Crippen LogP contribution in [0.2, 0.25) is 0 Å². The summed E-state index contributed by atoms with van der Waals surface area (Å²) in [7, 11) is 1.47. The molecule has 0 bridgehead atoms. The Morgan fingerprint density at radius 1 is 1.40 bits per heavy atom. The van der Waals surface area contributed by atoms with E-state index in [-0.39, 0.29) is 24.8 Å². The maximum atomic E-state index is 11.0. The van der Waals surface area contributed by atoms with Crippen LogP contribution in [-0.4, -0.2) is 18.0 Å². The van der Waals surface area contributed by atoms with Crippen molar-refractivity contribution in [3.63, 3.8) is 0 Å². The first kappa shape index (κ1) is 16.4. The minimum absolute atomic E-state index is 0. The van der Waals surface area contributed by atoms with Crippen molar-refractivity contribution in [2.45, 2.75) is 13.8 Å². The molecule has 2 N–H and O–H groups in total. The van der Waals surface area contributed by atoms with Crippen molar-refractivity contribution < 1.29 is 9.53 Å². The molecule has 0 atom stereocenters. The fourth-order valence-corrected chi connectivity index (χ4v) is 1.25. The van der Waals surface area contributed by atoms with Crippen molar-refractivity contribution in [2.24, 2.45) is 5.73 Å². The lowest BCUT2D eigenvalue weighted by atomic mass is 10.1. The number of rotatable bonds is 2. The number of hydrogen-bond acceptors (Lipinski definition) is 3. The molecule has 1 rings (SSSR count). The first-order valence-electron chi connectivity index (χ1n) is 3.88. The van der Waals surface area contributed by atoms with Gasteiger partial charge in [0.05, 0.1) is 7.11 Å². The maximum Gasteiger partial charge on any atom is 0.254 e. The highest BCUT2D eigenvalue weighted by Crippen LogP contribution is 2.19. The Labute approximate surface area is 101 Å². The molecule has 6 heteroatoms. The molecule has 86 valence electrons. The monoisotopic (exact) mass is 252 g/mol. The molecule has 15 heavy (non-hydrogen) atoms. The summed E-state index contributed by atoms with van der Waals surface area (Å²) in [6, 6.07) is 1.79. The van der Waals surface area contributed by atoms with Crippen molar-refractivity contribution in [3.05, 3.63) is 22.9 Å². The number of primary amides is 1. The van der Waals surface area contributed by atoms with Gasteiger partial charge >= 0.3 is 0 Å². The molecule has 4 nitrogen and oxygen atoms in total. The molecule has 0 saturated heterocycles. The van der Waals surface area contributed by atoms with Gasteiger partial charge in [-0.3, -0.25) is 4.79 Å². The Morgan fingerprint density at radius 3 is 2.33 bits per heavy atom. The zero-order chi connectivity index (χ0) is 10.0. The van der Waals surface area contributed by atoms with Crippen LogP contribution in [0.1, 0.15) is 21.6 Å². The van der Waals surface area contributed by atoms with E-state index in [0.717, 1.165) is 11.3 Å². The lowest BCUT2D eigenvalue weighted by Crippen LogP contribution is -2.15. The SMILES string of the molecule is COc1nc(C)cc(C)c1C(N)=O.Cl.Cl. The molecule has 1 aromatic heterocycles. The van der Waals surface area contributed by atoms with Crippen molar-refractivity contribution in [1.82, 2.24) is 4.98 Å². The van der Waals surface area contributed by atoms with E-state index in [1.54, 1.807) is 13.0 Å². The van der Waals surface area contributed by atoms with Gasteiger partial charge < -0.3 is 10.5 Å². The van der Waals surface area contributed by atoms with Gasteiger partial charge in [-0.25, -0.2) is 4.98 Å². The topological polar surface area (TPSA) is 65.2 Å². The number of nitrogens with two attached hydrogens (primary N) is 1. The number of pyridine rings is 1. The van der Waals surface area contributed by atoms with Crippen molar-refractivity contribution in [2.75, 3.05) is 7.11 Å². The highest BCUT2D eigenvalue weighted by Gasteiger charge is 2.13. The van der Waals surface area contributed by atoms with E-state index in [9.17, 15) is 4.79 Å². The predicted molar refractivity (Wildman–Crippen MR) is 63.3 cm³/mol. The highest BCUT2D eigenvalue weighted by atomic mass is 35.5. The third-order valence-electron chi connectivity index (χ3n) is 1.75. The van der Waals surface area contributed by atoms with Crippen molar-refractivity contribution in [1.29, 1.82) is 0 Å². The fraction of sp³-hybridized carbons (Fsp3) is 0.333. The third-order valence-corrected chi connectivity index (χ3v) is 1.75. The highest BCUT2D eigenvalue weighted by molar-refractivity contribution is 5.96. The smallest absolute Gasteiger partial charge is 0.254 e. The molecule has 1 amide bonds.